The van der Waals surface area contributed by atoms with Crippen LogP contribution in [0, 0.1) is 6.92 Å². The highest BCUT2D eigenvalue weighted by Crippen LogP contribution is 2.08. The summed E-state index contributed by atoms with van der Waals surface area (Å²) in [6, 6.07) is 3.66. The number of nitrogens with two attached hydrogens (primary N) is 2. The Morgan fingerprint density at radius 2 is 2.33 bits per heavy atom. The van der Waals surface area contributed by atoms with E-state index in [4.69, 9.17) is 11.6 Å². The van der Waals surface area contributed by atoms with Gasteiger partial charge in [-0.3, -0.25) is 10.4 Å². The summed E-state index contributed by atoms with van der Waals surface area (Å²) in [6.07, 6.45) is 1.62. The van der Waals surface area contributed by atoms with Crippen molar-refractivity contribution in [2.45, 2.75) is 6.92 Å². The Labute approximate surface area is 70.5 Å². The molecule has 0 fully saturated rings. The van der Waals surface area contributed by atoms with Crippen LogP contribution in [0.3, 0.4) is 0 Å². The molecule has 1 rings (SSSR count). The largest absolute Gasteiger partial charge is 0.369 e. The standard InChI is InChI=1S/C7H11N5/c1-5-2-3-6(4-10-5)11-7(8)12-9/h2-4H,9H2,1H3,(H3,8,11,12). The number of rotatable bonds is 1. The van der Waals surface area contributed by atoms with Crippen LogP contribution in [-0.2, 0) is 0 Å². The molecule has 0 atom stereocenters. The lowest BCUT2D eigenvalue weighted by Crippen LogP contribution is -2.36. The SMILES string of the molecule is Cc1ccc(N=C(N)NN)cn1. The van der Waals surface area contributed by atoms with E-state index in [0.717, 1.165) is 5.69 Å². The number of hydrogen-bond acceptors (Lipinski definition) is 3. The molecule has 0 aliphatic heterocycles. The highest BCUT2D eigenvalue weighted by molar-refractivity contribution is 5.80. The molecule has 0 saturated heterocycles. The summed E-state index contributed by atoms with van der Waals surface area (Å²) < 4.78 is 0. The predicted molar refractivity (Wildman–Crippen MR) is 47.6 cm³/mol. The first kappa shape index (κ1) is 8.48. The molecule has 5 nitrogen and oxygen atoms in total. The van der Waals surface area contributed by atoms with Gasteiger partial charge in [0.1, 0.15) is 0 Å². The van der Waals surface area contributed by atoms with Gasteiger partial charge in [0.2, 0.25) is 5.96 Å². The number of nitrogens with one attached hydrogen (secondary N) is 1. The third kappa shape index (κ3) is 2.21. The van der Waals surface area contributed by atoms with Gasteiger partial charge in [-0.25, -0.2) is 10.8 Å². The van der Waals surface area contributed by atoms with E-state index in [1.807, 2.05) is 19.1 Å². The minimum absolute atomic E-state index is 0.167. The molecule has 0 radical (unpaired) electrons. The minimum Gasteiger partial charge on any atom is -0.369 e. The molecular weight excluding hydrogens is 154 g/mol. The Morgan fingerprint density at radius 3 is 2.83 bits per heavy atom. The van der Waals surface area contributed by atoms with Crippen LogP contribution in [0.15, 0.2) is 23.3 Å². The van der Waals surface area contributed by atoms with Gasteiger partial charge in [0.25, 0.3) is 0 Å². The Bertz CT molecular complexity index is 276. The maximum atomic E-state index is 5.33. The summed E-state index contributed by atoms with van der Waals surface area (Å²) in [5.74, 6) is 5.19. The molecule has 0 amide bonds. The van der Waals surface area contributed by atoms with Crippen molar-refractivity contribution in [2.24, 2.45) is 16.6 Å². The number of guanidine groups is 1. The average molecular weight is 165 g/mol. The summed E-state index contributed by atoms with van der Waals surface area (Å²) in [6.45, 7) is 1.90. The topological polar surface area (TPSA) is 89.3 Å². The Balaban J connectivity index is 2.84. The van der Waals surface area contributed by atoms with Crippen LogP contribution >= 0.6 is 0 Å². The van der Waals surface area contributed by atoms with E-state index in [9.17, 15) is 0 Å². The van der Waals surface area contributed by atoms with Gasteiger partial charge in [-0.2, -0.15) is 0 Å². The van der Waals surface area contributed by atoms with Crippen LogP contribution in [-0.4, -0.2) is 10.9 Å². The zero-order valence-corrected chi connectivity index (χ0v) is 6.78. The second-order valence-electron chi connectivity index (χ2n) is 2.30. The van der Waals surface area contributed by atoms with Gasteiger partial charge in [0, 0.05) is 5.69 Å². The van der Waals surface area contributed by atoms with Gasteiger partial charge in [0.05, 0.1) is 11.9 Å². The third-order valence-corrected chi connectivity index (χ3v) is 1.29. The zero-order chi connectivity index (χ0) is 8.97. The van der Waals surface area contributed by atoms with E-state index in [-0.39, 0.29) is 5.96 Å². The molecule has 1 aromatic rings. The van der Waals surface area contributed by atoms with E-state index < -0.39 is 0 Å². The van der Waals surface area contributed by atoms with E-state index in [1.54, 1.807) is 6.20 Å². The van der Waals surface area contributed by atoms with Crippen molar-refractivity contribution in [2.75, 3.05) is 0 Å². The molecule has 0 aromatic carbocycles. The molecule has 1 aromatic heterocycles. The highest BCUT2D eigenvalue weighted by Gasteiger charge is 1.90. The molecule has 5 N–H and O–H groups in total. The lowest BCUT2D eigenvalue weighted by atomic mass is 10.3. The average Bonchev–Trinajstić information content (AvgIpc) is 2.09. The van der Waals surface area contributed by atoms with Crippen molar-refractivity contribution in [1.82, 2.24) is 10.4 Å². The maximum absolute atomic E-state index is 5.33. The molecule has 0 unspecified atom stereocenters. The molecule has 64 valence electrons. The van der Waals surface area contributed by atoms with Crippen LogP contribution in [0.5, 0.6) is 0 Å². The highest BCUT2D eigenvalue weighted by atomic mass is 15.3. The van der Waals surface area contributed by atoms with Crippen LogP contribution in [0.4, 0.5) is 5.69 Å². The smallest absolute Gasteiger partial charge is 0.208 e. The summed E-state index contributed by atoms with van der Waals surface area (Å²) in [4.78, 5) is 7.95. The van der Waals surface area contributed by atoms with E-state index in [2.05, 4.69) is 15.4 Å². The molecule has 0 aliphatic rings. The second-order valence-corrected chi connectivity index (χ2v) is 2.30. The van der Waals surface area contributed by atoms with Gasteiger partial charge >= 0.3 is 0 Å². The fourth-order valence-electron chi connectivity index (χ4n) is 0.697. The van der Waals surface area contributed by atoms with Crippen LogP contribution < -0.4 is 17.0 Å². The maximum Gasteiger partial charge on any atom is 0.208 e. The third-order valence-electron chi connectivity index (χ3n) is 1.29. The Kier molecular flexibility index (Phi) is 2.60. The fraction of sp³-hybridized carbons (Fsp3) is 0.143. The quantitative estimate of drug-likeness (QED) is 0.233. The summed E-state index contributed by atoms with van der Waals surface area (Å²) in [7, 11) is 0. The molecule has 5 heteroatoms. The van der Waals surface area contributed by atoms with E-state index in [0.29, 0.717) is 5.69 Å². The van der Waals surface area contributed by atoms with Crippen LogP contribution in [0.25, 0.3) is 0 Å². The van der Waals surface area contributed by atoms with Crippen LogP contribution in [0.1, 0.15) is 5.69 Å². The van der Waals surface area contributed by atoms with Gasteiger partial charge in [-0.1, -0.05) is 0 Å². The monoisotopic (exact) mass is 165 g/mol. The van der Waals surface area contributed by atoms with Crippen molar-refractivity contribution < 1.29 is 0 Å². The van der Waals surface area contributed by atoms with Crippen molar-refractivity contribution in [3.63, 3.8) is 0 Å². The van der Waals surface area contributed by atoms with Crippen molar-refractivity contribution >= 4 is 11.6 Å². The fourth-order valence-corrected chi connectivity index (χ4v) is 0.697. The first-order valence-electron chi connectivity index (χ1n) is 3.46. The molecule has 12 heavy (non-hydrogen) atoms. The summed E-state index contributed by atoms with van der Waals surface area (Å²) >= 11 is 0. The minimum atomic E-state index is 0.167. The Hall–Kier alpha value is -1.62. The lowest BCUT2D eigenvalue weighted by molar-refractivity contribution is 1.01. The first-order valence-corrected chi connectivity index (χ1v) is 3.46. The van der Waals surface area contributed by atoms with Crippen molar-refractivity contribution in [1.29, 1.82) is 0 Å². The molecule has 0 aliphatic carbocycles. The predicted octanol–water partition coefficient (Wildman–Crippen LogP) is -0.200. The number of nitrogens with zero attached hydrogens (tertiary/aromatic N) is 2. The molecule has 0 saturated carbocycles. The first-order chi connectivity index (χ1) is 5.72. The van der Waals surface area contributed by atoms with Crippen LogP contribution in [0.2, 0.25) is 0 Å². The normalized spacial score (nSPS) is 11.3. The number of hydrogen-bond donors (Lipinski definition) is 3. The molecule has 0 spiro atoms. The lowest BCUT2D eigenvalue weighted by Gasteiger charge is -1.97. The number of aromatic nitrogens is 1. The van der Waals surface area contributed by atoms with E-state index in [1.165, 1.54) is 0 Å². The molecule has 0 bridgehead atoms. The summed E-state index contributed by atoms with van der Waals surface area (Å²) in [5, 5.41) is 0. The summed E-state index contributed by atoms with van der Waals surface area (Å²) in [5.41, 5.74) is 9.17. The second kappa shape index (κ2) is 3.68. The van der Waals surface area contributed by atoms with Gasteiger partial charge in [-0.15, -0.1) is 0 Å². The number of hydrazine groups is 1. The Morgan fingerprint density at radius 1 is 1.58 bits per heavy atom. The van der Waals surface area contributed by atoms with Crippen molar-refractivity contribution in [3.8, 4) is 0 Å². The van der Waals surface area contributed by atoms with Gasteiger partial charge < -0.3 is 5.73 Å². The van der Waals surface area contributed by atoms with Gasteiger partial charge in [0.15, 0.2) is 0 Å². The number of pyridine rings is 1. The van der Waals surface area contributed by atoms with E-state index >= 15 is 0 Å². The molecular formula is C7H11N5. The number of aliphatic imine (C=N–C) groups is 1. The molecule has 1 heterocycles. The van der Waals surface area contributed by atoms with Crippen molar-refractivity contribution in [3.05, 3.63) is 24.0 Å². The number of aryl methyl sites for hydroxylation is 1. The zero-order valence-electron chi connectivity index (χ0n) is 6.78. The van der Waals surface area contributed by atoms with Gasteiger partial charge in [-0.05, 0) is 19.1 Å².